The summed E-state index contributed by atoms with van der Waals surface area (Å²) in [5.74, 6) is 0. The van der Waals surface area contributed by atoms with Crippen molar-refractivity contribution in [2.75, 3.05) is 26.2 Å². The van der Waals surface area contributed by atoms with Gasteiger partial charge >= 0.3 is 0 Å². The normalized spacial score (nSPS) is 42.0. The smallest absolute Gasteiger partial charge is 0.0249 e. The molecule has 0 aromatic rings. The molecule has 3 saturated heterocycles. The summed E-state index contributed by atoms with van der Waals surface area (Å²) in [6.07, 6.45) is 7.00. The molecule has 3 fully saturated rings. The van der Waals surface area contributed by atoms with E-state index in [2.05, 4.69) is 15.5 Å². The van der Waals surface area contributed by atoms with Crippen LogP contribution in [0.15, 0.2) is 0 Å². The van der Waals surface area contributed by atoms with Crippen LogP contribution in [0, 0.1) is 0 Å². The highest BCUT2D eigenvalue weighted by Crippen LogP contribution is 2.27. The van der Waals surface area contributed by atoms with Crippen LogP contribution in [0.1, 0.15) is 32.1 Å². The van der Waals surface area contributed by atoms with Crippen LogP contribution in [-0.4, -0.2) is 49.2 Å². The number of piperidine rings is 1. The lowest BCUT2D eigenvalue weighted by Gasteiger charge is -2.33. The monoisotopic (exact) mass is 209 g/mol. The highest BCUT2D eigenvalue weighted by molar-refractivity contribution is 4.96. The Hall–Kier alpha value is -0.120. The molecule has 3 atom stereocenters. The number of rotatable bonds is 2. The van der Waals surface area contributed by atoms with Crippen LogP contribution in [0.4, 0.5) is 0 Å². The van der Waals surface area contributed by atoms with Crippen molar-refractivity contribution in [3.05, 3.63) is 0 Å². The number of fused-ring (bicyclic) bond motifs is 1. The van der Waals surface area contributed by atoms with Gasteiger partial charge in [-0.3, -0.25) is 4.90 Å². The Labute approximate surface area is 92.6 Å². The van der Waals surface area contributed by atoms with E-state index in [1.54, 1.807) is 0 Å². The zero-order valence-corrected chi connectivity index (χ0v) is 9.54. The molecule has 0 aliphatic carbocycles. The van der Waals surface area contributed by atoms with E-state index in [9.17, 15) is 0 Å². The number of hydrogen-bond donors (Lipinski definition) is 2. The van der Waals surface area contributed by atoms with Gasteiger partial charge in [0.15, 0.2) is 0 Å². The van der Waals surface area contributed by atoms with Gasteiger partial charge < -0.3 is 10.6 Å². The number of nitrogens with zero attached hydrogens (tertiary/aromatic N) is 1. The molecule has 3 rings (SSSR count). The van der Waals surface area contributed by atoms with Gasteiger partial charge in [0.25, 0.3) is 0 Å². The fraction of sp³-hybridized carbons (Fsp3) is 1.00. The minimum absolute atomic E-state index is 0.747. The Kier molecular flexibility index (Phi) is 2.95. The molecule has 3 aliphatic heterocycles. The molecule has 86 valence electrons. The summed E-state index contributed by atoms with van der Waals surface area (Å²) in [7, 11) is 0. The summed E-state index contributed by atoms with van der Waals surface area (Å²) in [5.41, 5.74) is 0. The molecule has 2 N–H and O–H groups in total. The van der Waals surface area contributed by atoms with Crippen LogP contribution in [-0.2, 0) is 0 Å². The molecule has 0 aromatic carbocycles. The minimum atomic E-state index is 0.747. The molecule has 3 nitrogen and oxygen atoms in total. The van der Waals surface area contributed by atoms with Gasteiger partial charge in [0.1, 0.15) is 0 Å². The maximum atomic E-state index is 3.87. The molecular weight excluding hydrogens is 186 g/mol. The third-order valence-electron chi connectivity index (χ3n) is 4.37. The van der Waals surface area contributed by atoms with E-state index in [4.69, 9.17) is 0 Å². The first-order valence-corrected chi connectivity index (χ1v) is 6.64. The maximum absolute atomic E-state index is 3.87. The van der Waals surface area contributed by atoms with Crippen molar-refractivity contribution in [1.29, 1.82) is 0 Å². The fourth-order valence-electron chi connectivity index (χ4n) is 3.54. The van der Waals surface area contributed by atoms with Crippen LogP contribution in [0.5, 0.6) is 0 Å². The Balaban J connectivity index is 1.56. The topological polar surface area (TPSA) is 27.3 Å². The van der Waals surface area contributed by atoms with Gasteiger partial charge in [0, 0.05) is 31.2 Å². The van der Waals surface area contributed by atoms with Gasteiger partial charge in [-0.1, -0.05) is 6.42 Å². The Bertz CT molecular complexity index is 213. The number of nitrogens with one attached hydrogen (secondary N) is 2. The van der Waals surface area contributed by atoms with E-state index < -0.39 is 0 Å². The van der Waals surface area contributed by atoms with E-state index in [1.807, 2.05) is 0 Å². The van der Waals surface area contributed by atoms with Crippen molar-refractivity contribution >= 4 is 0 Å². The van der Waals surface area contributed by atoms with Crippen LogP contribution >= 0.6 is 0 Å². The Morgan fingerprint density at radius 3 is 2.93 bits per heavy atom. The van der Waals surface area contributed by atoms with Crippen molar-refractivity contribution in [3.63, 3.8) is 0 Å². The average molecular weight is 209 g/mol. The predicted molar refractivity (Wildman–Crippen MR) is 62.0 cm³/mol. The summed E-state index contributed by atoms with van der Waals surface area (Å²) in [6, 6.07) is 2.39. The van der Waals surface area contributed by atoms with Gasteiger partial charge in [-0.2, -0.15) is 0 Å². The lowest BCUT2D eigenvalue weighted by atomic mass is 9.98. The fourth-order valence-corrected chi connectivity index (χ4v) is 3.54. The summed E-state index contributed by atoms with van der Waals surface area (Å²) < 4.78 is 0. The second-order valence-corrected chi connectivity index (χ2v) is 5.35. The standard InChI is InChI=1S/C12H23N3/c1-2-7-15-8-5-11(12(15)3-1)14-10-4-6-13-9-10/h10-14H,1-9H2. The van der Waals surface area contributed by atoms with Crippen molar-refractivity contribution in [2.45, 2.75) is 50.2 Å². The first-order chi connectivity index (χ1) is 7.43. The zero-order chi connectivity index (χ0) is 10.1. The third kappa shape index (κ3) is 2.05. The highest BCUT2D eigenvalue weighted by Gasteiger charge is 2.36. The first kappa shape index (κ1) is 10.1. The van der Waals surface area contributed by atoms with Gasteiger partial charge in [0.2, 0.25) is 0 Å². The molecule has 0 bridgehead atoms. The largest absolute Gasteiger partial charge is 0.315 e. The summed E-state index contributed by atoms with van der Waals surface area (Å²) >= 11 is 0. The molecule has 0 spiro atoms. The molecule has 3 aliphatic rings. The van der Waals surface area contributed by atoms with Gasteiger partial charge in [-0.15, -0.1) is 0 Å². The molecule has 3 unspecified atom stereocenters. The van der Waals surface area contributed by atoms with E-state index in [0.717, 1.165) is 18.1 Å². The van der Waals surface area contributed by atoms with E-state index in [-0.39, 0.29) is 0 Å². The van der Waals surface area contributed by atoms with Crippen LogP contribution in [0.2, 0.25) is 0 Å². The first-order valence-electron chi connectivity index (χ1n) is 6.64. The van der Waals surface area contributed by atoms with Crippen LogP contribution in [0.25, 0.3) is 0 Å². The summed E-state index contributed by atoms with van der Waals surface area (Å²) in [4.78, 5) is 2.71. The Morgan fingerprint density at radius 2 is 2.07 bits per heavy atom. The van der Waals surface area contributed by atoms with E-state index in [1.165, 1.54) is 58.3 Å². The van der Waals surface area contributed by atoms with E-state index in [0.29, 0.717) is 0 Å². The summed E-state index contributed by atoms with van der Waals surface area (Å²) in [6.45, 7) is 5.08. The minimum Gasteiger partial charge on any atom is -0.315 e. The lowest BCUT2D eigenvalue weighted by molar-refractivity contribution is 0.177. The van der Waals surface area contributed by atoms with Gasteiger partial charge in [-0.05, 0) is 38.8 Å². The lowest BCUT2D eigenvalue weighted by Crippen LogP contribution is -2.48. The SMILES string of the molecule is C1CCN2CCC(NC3CCNC3)C2C1. The zero-order valence-electron chi connectivity index (χ0n) is 9.54. The third-order valence-corrected chi connectivity index (χ3v) is 4.37. The van der Waals surface area contributed by atoms with Gasteiger partial charge in [0.05, 0.1) is 0 Å². The average Bonchev–Trinajstić information content (AvgIpc) is 2.89. The highest BCUT2D eigenvalue weighted by atomic mass is 15.2. The van der Waals surface area contributed by atoms with Crippen LogP contribution < -0.4 is 10.6 Å². The predicted octanol–water partition coefficient (Wildman–Crippen LogP) is 0.565. The molecule has 0 aromatic heterocycles. The summed E-state index contributed by atoms with van der Waals surface area (Å²) in [5, 5.41) is 7.32. The van der Waals surface area contributed by atoms with Crippen molar-refractivity contribution in [3.8, 4) is 0 Å². The maximum Gasteiger partial charge on any atom is 0.0249 e. The molecule has 0 saturated carbocycles. The van der Waals surface area contributed by atoms with Crippen molar-refractivity contribution in [2.24, 2.45) is 0 Å². The molecular formula is C12H23N3. The second-order valence-electron chi connectivity index (χ2n) is 5.35. The quantitative estimate of drug-likeness (QED) is 0.696. The second kappa shape index (κ2) is 4.40. The van der Waals surface area contributed by atoms with Crippen molar-refractivity contribution in [1.82, 2.24) is 15.5 Å². The molecule has 0 amide bonds. The number of hydrogen-bond acceptors (Lipinski definition) is 3. The van der Waals surface area contributed by atoms with E-state index >= 15 is 0 Å². The molecule has 15 heavy (non-hydrogen) atoms. The molecule has 3 heteroatoms. The van der Waals surface area contributed by atoms with Crippen LogP contribution in [0.3, 0.4) is 0 Å². The van der Waals surface area contributed by atoms with Gasteiger partial charge in [-0.25, -0.2) is 0 Å². The molecule has 0 radical (unpaired) electrons. The molecule has 3 heterocycles. The van der Waals surface area contributed by atoms with Crippen molar-refractivity contribution < 1.29 is 0 Å². The Morgan fingerprint density at radius 1 is 1.07 bits per heavy atom.